The van der Waals surface area contributed by atoms with E-state index in [-0.39, 0.29) is 5.82 Å². The van der Waals surface area contributed by atoms with E-state index in [4.69, 9.17) is 4.99 Å². The second-order valence-electron chi connectivity index (χ2n) is 7.71. The molecular formula is C22H31F2N5S. The van der Waals surface area contributed by atoms with Crippen molar-refractivity contribution in [2.24, 2.45) is 10.9 Å². The van der Waals surface area contributed by atoms with Crippen LogP contribution in [0.1, 0.15) is 36.0 Å². The first-order valence-corrected chi connectivity index (χ1v) is 11.5. The van der Waals surface area contributed by atoms with Gasteiger partial charge < -0.3 is 10.6 Å². The lowest BCUT2D eigenvalue weighted by Crippen LogP contribution is -2.39. The molecular weight excluding hydrogens is 404 g/mol. The fraction of sp³-hybridized carbons (Fsp3) is 0.545. The van der Waals surface area contributed by atoms with E-state index in [0.29, 0.717) is 24.4 Å². The number of aryl methyl sites for hydroxylation is 1. The van der Waals surface area contributed by atoms with E-state index >= 15 is 0 Å². The van der Waals surface area contributed by atoms with Crippen LogP contribution in [0, 0.1) is 24.5 Å². The third kappa shape index (κ3) is 7.02. The van der Waals surface area contributed by atoms with Crippen LogP contribution in [0.15, 0.2) is 28.6 Å². The smallest absolute Gasteiger partial charge is 0.191 e. The Morgan fingerprint density at radius 2 is 2.07 bits per heavy atom. The number of benzene rings is 1. The van der Waals surface area contributed by atoms with Gasteiger partial charge in [0.1, 0.15) is 11.6 Å². The van der Waals surface area contributed by atoms with Crippen LogP contribution in [0.4, 0.5) is 8.78 Å². The number of hydrogen-bond acceptors (Lipinski definition) is 4. The molecule has 3 rings (SSSR count). The van der Waals surface area contributed by atoms with Crippen LogP contribution < -0.4 is 10.6 Å². The van der Waals surface area contributed by atoms with Crippen LogP contribution in [-0.2, 0) is 13.0 Å². The second kappa shape index (κ2) is 11.4. The van der Waals surface area contributed by atoms with Crippen LogP contribution in [0.25, 0.3) is 0 Å². The van der Waals surface area contributed by atoms with Gasteiger partial charge in [-0.1, -0.05) is 0 Å². The summed E-state index contributed by atoms with van der Waals surface area (Å²) in [6.07, 6.45) is 2.66. The summed E-state index contributed by atoms with van der Waals surface area (Å²) in [4.78, 5) is 11.7. The molecule has 0 bridgehead atoms. The van der Waals surface area contributed by atoms with Gasteiger partial charge in [-0.25, -0.2) is 13.8 Å². The molecule has 8 heteroatoms. The summed E-state index contributed by atoms with van der Waals surface area (Å²) >= 11 is 1.71. The minimum atomic E-state index is -0.414. The van der Waals surface area contributed by atoms with E-state index in [1.54, 1.807) is 11.3 Å². The molecule has 2 heterocycles. The third-order valence-corrected chi connectivity index (χ3v) is 6.13. The topological polar surface area (TPSA) is 52.6 Å². The van der Waals surface area contributed by atoms with E-state index in [2.05, 4.69) is 25.9 Å². The SMILES string of the molecule is CCNC(=NCC1CCN(Cc2csc(C)n2)CC1)NCCc1cc(F)ccc1F. The van der Waals surface area contributed by atoms with Crippen molar-refractivity contribution < 1.29 is 8.78 Å². The van der Waals surface area contributed by atoms with Crippen LogP contribution in [0.2, 0.25) is 0 Å². The average Bonchev–Trinajstić information content (AvgIpc) is 3.14. The number of nitrogens with zero attached hydrogens (tertiary/aromatic N) is 3. The molecule has 1 aliphatic rings. The summed E-state index contributed by atoms with van der Waals surface area (Å²) in [5.74, 6) is 0.507. The summed E-state index contributed by atoms with van der Waals surface area (Å²) in [6, 6.07) is 3.56. The molecule has 0 unspecified atom stereocenters. The summed E-state index contributed by atoms with van der Waals surface area (Å²) in [5, 5.41) is 9.73. The van der Waals surface area contributed by atoms with Crippen molar-refractivity contribution in [2.45, 2.75) is 39.7 Å². The molecule has 5 nitrogen and oxygen atoms in total. The fourth-order valence-corrected chi connectivity index (χ4v) is 4.25. The van der Waals surface area contributed by atoms with Gasteiger partial charge in [-0.3, -0.25) is 9.89 Å². The Labute approximate surface area is 181 Å². The highest BCUT2D eigenvalue weighted by Crippen LogP contribution is 2.20. The third-order valence-electron chi connectivity index (χ3n) is 5.31. The molecule has 1 aliphatic heterocycles. The van der Waals surface area contributed by atoms with Gasteiger partial charge in [0.15, 0.2) is 5.96 Å². The van der Waals surface area contributed by atoms with E-state index in [9.17, 15) is 8.78 Å². The highest BCUT2D eigenvalue weighted by molar-refractivity contribution is 7.09. The molecule has 1 aromatic heterocycles. The van der Waals surface area contributed by atoms with Gasteiger partial charge in [0.2, 0.25) is 0 Å². The Balaban J connectivity index is 1.42. The average molecular weight is 436 g/mol. The number of aliphatic imine (C=N–C) groups is 1. The molecule has 0 radical (unpaired) electrons. The second-order valence-corrected chi connectivity index (χ2v) is 8.77. The van der Waals surface area contributed by atoms with Gasteiger partial charge in [-0.2, -0.15) is 0 Å². The van der Waals surface area contributed by atoms with Crippen molar-refractivity contribution in [1.82, 2.24) is 20.5 Å². The molecule has 1 aromatic carbocycles. The maximum Gasteiger partial charge on any atom is 0.191 e. The maximum absolute atomic E-state index is 13.8. The Morgan fingerprint density at radius 3 is 2.77 bits per heavy atom. The van der Waals surface area contributed by atoms with Crippen molar-refractivity contribution in [3.05, 3.63) is 51.5 Å². The van der Waals surface area contributed by atoms with Crippen LogP contribution in [-0.4, -0.2) is 48.6 Å². The molecule has 30 heavy (non-hydrogen) atoms. The molecule has 0 spiro atoms. The van der Waals surface area contributed by atoms with E-state index in [0.717, 1.165) is 62.6 Å². The van der Waals surface area contributed by atoms with Crippen molar-refractivity contribution in [2.75, 3.05) is 32.7 Å². The number of nitrogens with one attached hydrogen (secondary N) is 2. The highest BCUT2D eigenvalue weighted by Gasteiger charge is 2.19. The van der Waals surface area contributed by atoms with Crippen molar-refractivity contribution in [3.63, 3.8) is 0 Å². The summed E-state index contributed by atoms with van der Waals surface area (Å²) in [5.41, 5.74) is 1.54. The minimum Gasteiger partial charge on any atom is -0.357 e. The number of aromatic nitrogens is 1. The Kier molecular flexibility index (Phi) is 8.57. The lowest BCUT2D eigenvalue weighted by Gasteiger charge is -2.30. The zero-order valence-corrected chi connectivity index (χ0v) is 18.6. The Morgan fingerprint density at radius 1 is 1.27 bits per heavy atom. The van der Waals surface area contributed by atoms with Crippen LogP contribution in [0.3, 0.4) is 0 Å². The number of likely N-dealkylation sites (tertiary alicyclic amines) is 1. The van der Waals surface area contributed by atoms with Crippen LogP contribution >= 0.6 is 11.3 Å². The first-order valence-electron chi connectivity index (χ1n) is 10.6. The van der Waals surface area contributed by atoms with Crippen molar-refractivity contribution in [1.29, 1.82) is 0 Å². The lowest BCUT2D eigenvalue weighted by atomic mass is 9.97. The van der Waals surface area contributed by atoms with Crippen LogP contribution in [0.5, 0.6) is 0 Å². The van der Waals surface area contributed by atoms with Crippen molar-refractivity contribution in [3.8, 4) is 0 Å². The summed E-state index contributed by atoms with van der Waals surface area (Å²) < 4.78 is 27.1. The number of thiazole rings is 1. The largest absolute Gasteiger partial charge is 0.357 e. The molecule has 2 aromatic rings. The normalized spacial score (nSPS) is 16.1. The predicted molar refractivity (Wildman–Crippen MR) is 119 cm³/mol. The Bertz CT molecular complexity index is 831. The number of rotatable bonds is 8. The molecule has 0 aliphatic carbocycles. The Hall–Kier alpha value is -2.06. The van der Waals surface area contributed by atoms with Gasteiger partial charge >= 0.3 is 0 Å². The standard InChI is InChI=1S/C22H31F2N5S/c1-3-25-22(26-9-6-18-12-19(23)4-5-21(18)24)27-13-17-7-10-29(11-8-17)14-20-15-30-16(2)28-20/h4-5,12,15,17H,3,6-11,13-14H2,1-2H3,(H2,25,26,27). The quantitative estimate of drug-likeness (QED) is 0.490. The molecule has 0 amide bonds. The van der Waals surface area contributed by atoms with Gasteiger partial charge in [-0.15, -0.1) is 11.3 Å². The van der Waals surface area contributed by atoms with E-state index in [1.165, 1.54) is 17.8 Å². The maximum atomic E-state index is 13.8. The molecule has 2 N–H and O–H groups in total. The summed E-state index contributed by atoms with van der Waals surface area (Å²) in [6.45, 7) is 9.15. The lowest BCUT2D eigenvalue weighted by molar-refractivity contribution is 0.179. The predicted octanol–water partition coefficient (Wildman–Crippen LogP) is 3.74. The molecule has 0 atom stereocenters. The zero-order chi connectivity index (χ0) is 21.3. The van der Waals surface area contributed by atoms with Gasteiger partial charge in [-0.05, 0) is 75.9 Å². The highest BCUT2D eigenvalue weighted by atomic mass is 32.1. The fourth-order valence-electron chi connectivity index (χ4n) is 3.65. The molecule has 1 fully saturated rings. The monoisotopic (exact) mass is 435 g/mol. The minimum absolute atomic E-state index is 0.375. The first kappa shape index (κ1) is 22.6. The number of hydrogen-bond donors (Lipinski definition) is 2. The van der Waals surface area contributed by atoms with E-state index < -0.39 is 5.82 Å². The number of piperidine rings is 1. The summed E-state index contributed by atoms with van der Waals surface area (Å²) in [7, 11) is 0. The van der Waals surface area contributed by atoms with Gasteiger partial charge in [0.25, 0.3) is 0 Å². The number of guanidine groups is 1. The van der Waals surface area contributed by atoms with Gasteiger partial charge in [0, 0.05) is 31.6 Å². The van der Waals surface area contributed by atoms with Crippen molar-refractivity contribution >= 4 is 17.3 Å². The number of halogens is 2. The molecule has 164 valence electrons. The first-order chi connectivity index (χ1) is 14.5. The molecule has 1 saturated heterocycles. The molecule has 0 saturated carbocycles. The zero-order valence-electron chi connectivity index (χ0n) is 17.8. The van der Waals surface area contributed by atoms with Gasteiger partial charge in [0.05, 0.1) is 10.7 Å². The van der Waals surface area contributed by atoms with E-state index in [1.807, 2.05) is 13.8 Å².